The van der Waals surface area contributed by atoms with Crippen LogP contribution in [0.25, 0.3) is 0 Å². The molecule has 1 aliphatic rings. The molecule has 21 heavy (non-hydrogen) atoms. The van der Waals surface area contributed by atoms with Gasteiger partial charge < -0.3 is 24.6 Å². The number of rotatable bonds is 6. The first-order valence-corrected chi connectivity index (χ1v) is 7.07. The molecule has 6 nitrogen and oxygen atoms in total. The molecule has 0 spiro atoms. The first kappa shape index (κ1) is 15.6. The minimum Gasteiger partial charge on any atom is -0.508 e. The fourth-order valence-electron chi connectivity index (χ4n) is 2.01. The van der Waals surface area contributed by atoms with E-state index in [9.17, 15) is 9.90 Å². The largest absolute Gasteiger partial charge is 0.508 e. The monoisotopic (exact) mass is 295 g/mol. The molecule has 116 valence electrons. The van der Waals surface area contributed by atoms with Crippen molar-refractivity contribution < 1.29 is 24.1 Å². The number of carbonyl (C=O) groups is 1. The number of ether oxygens (including phenoxy) is 3. The molecule has 1 aromatic carbocycles. The van der Waals surface area contributed by atoms with E-state index in [2.05, 4.69) is 5.32 Å². The second-order valence-corrected chi connectivity index (χ2v) is 4.96. The molecular formula is C15H21NO5. The van der Waals surface area contributed by atoms with Crippen molar-refractivity contribution in [3.63, 3.8) is 0 Å². The van der Waals surface area contributed by atoms with Crippen molar-refractivity contribution in [2.24, 2.45) is 0 Å². The maximum Gasteiger partial charge on any atom is 0.216 e. The Hall–Kier alpha value is -1.79. The number of benzene rings is 1. The second kappa shape index (κ2) is 7.85. The summed E-state index contributed by atoms with van der Waals surface area (Å²) in [5.74, 6) is 0.856. The van der Waals surface area contributed by atoms with Gasteiger partial charge in [-0.15, -0.1) is 0 Å². The molecule has 0 radical (unpaired) electrons. The first-order chi connectivity index (χ1) is 10.1. The van der Waals surface area contributed by atoms with E-state index in [1.807, 2.05) is 0 Å². The lowest BCUT2D eigenvalue weighted by Crippen LogP contribution is -2.39. The predicted octanol–water partition coefficient (Wildman–Crippen LogP) is 1.43. The van der Waals surface area contributed by atoms with Crippen molar-refractivity contribution in [2.45, 2.75) is 32.2 Å². The smallest absolute Gasteiger partial charge is 0.216 e. The summed E-state index contributed by atoms with van der Waals surface area (Å²) < 4.78 is 16.9. The van der Waals surface area contributed by atoms with Gasteiger partial charge in [-0.05, 0) is 30.7 Å². The highest BCUT2D eigenvalue weighted by molar-refractivity contribution is 5.72. The number of nitrogens with one attached hydrogen (secondary N) is 1. The Morgan fingerprint density at radius 3 is 2.62 bits per heavy atom. The maximum atomic E-state index is 10.7. The summed E-state index contributed by atoms with van der Waals surface area (Å²) in [4.78, 5) is 10.7. The summed E-state index contributed by atoms with van der Waals surface area (Å²) in [5, 5.41) is 11.9. The molecular weight excluding hydrogens is 274 g/mol. The molecule has 0 unspecified atom stereocenters. The summed E-state index contributed by atoms with van der Waals surface area (Å²) in [6.45, 7) is 3.06. The molecule has 0 aromatic heterocycles. The number of aromatic hydroxyl groups is 1. The lowest BCUT2D eigenvalue weighted by molar-refractivity contribution is -0.213. The standard InChI is InChI=1S/C15H21NO5/c1-11(17)16-8-2-3-15-19-9-14(10-20-15)21-13-6-4-12(18)5-7-13/h4-7,14-15,18H,2-3,8-10H2,1H3,(H,16,17)/t14-,15+. The van der Waals surface area contributed by atoms with E-state index in [0.717, 1.165) is 12.8 Å². The highest BCUT2D eigenvalue weighted by atomic mass is 16.7. The lowest BCUT2D eigenvalue weighted by atomic mass is 10.2. The Kier molecular flexibility index (Phi) is 5.83. The molecule has 1 fully saturated rings. The summed E-state index contributed by atoms with van der Waals surface area (Å²) in [5.41, 5.74) is 0. The van der Waals surface area contributed by atoms with Crippen LogP contribution >= 0.6 is 0 Å². The molecule has 1 saturated heterocycles. The zero-order chi connectivity index (χ0) is 15.1. The van der Waals surface area contributed by atoms with Crippen LogP contribution in [0.3, 0.4) is 0 Å². The molecule has 6 heteroatoms. The zero-order valence-corrected chi connectivity index (χ0v) is 12.1. The fraction of sp³-hybridized carbons (Fsp3) is 0.533. The number of hydrogen-bond acceptors (Lipinski definition) is 5. The summed E-state index contributed by atoms with van der Waals surface area (Å²) in [6, 6.07) is 6.55. The van der Waals surface area contributed by atoms with Gasteiger partial charge in [0.15, 0.2) is 6.29 Å². The summed E-state index contributed by atoms with van der Waals surface area (Å²) >= 11 is 0. The normalized spacial score (nSPS) is 21.8. The Labute approximate surface area is 124 Å². The molecule has 1 aromatic rings. The Balaban J connectivity index is 1.64. The lowest BCUT2D eigenvalue weighted by Gasteiger charge is -2.29. The van der Waals surface area contributed by atoms with Gasteiger partial charge in [0.2, 0.25) is 5.91 Å². The average Bonchev–Trinajstić information content (AvgIpc) is 2.47. The Morgan fingerprint density at radius 2 is 2.00 bits per heavy atom. The van der Waals surface area contributed by atoms with Gasteiger partial charge >= 0.3 is 0 Å². The van der Waals surface area contributed by atoms with Gasteiger partial charge in [-0.1, -0.05) is 0 Å². The van der Waals surface area contributed by atoms with Crippen LogP contribution in [0.2, 0.25) is 0 Å². The van der Waals surface area contributed by atoms with Crippen molar-refractivity contribution in [1.82, 2.24) is 5.32 Å². The predicted molar refractivity (Wildman–Crippen MR) is 76.1 cm³/mol. The number of amides is 1. The van der Waals surface area contributed by atoms with Crippen LogP contribution < -0.4 is 10.1 Å². The third kappa shape index (κ3) is 5.61. The van der Waals surface area contributed by atoms with Crippen molar-refractivity contribution in [3.05, 3.63) is 24.3 Å². The quantitative estimate of drug-likeness (QED) is 0.776. The van der Waals surface area contributed by atoms with E-state index in [-0.39, 0.29) is 24.1 Å². The SMILES string of the molecule is CC(=O)NCCC[C@H]1OC[C@@H](Oc2ccc(O)cc2)CO1. The highest BCUT2D eigenvalue weighted by Crippen LogP contribution is 2.19. The minimum atomic E-state index is -0.238. The topological polar surface area (TPSA) is 77.0 Å². The van der Waals surface area contributed by atoms with Crippen molar-refractivity contribution in [2.75, 3.05) is 19.8 Å². The average molecular weight is 295 g/mol. The summed E-state index contributed by atoms with van der Waals surface area (Å²) in [7, 11) is 0. The Morgan fingerprint density at radius 1 is 1.33 bits per heavy atom. The van der Waals surface area contributed by atoms with E-state index < -0.39 is 0 Å². The molecule has 0 saturated carbocycles. The Bertz CT molecular complexity index is 440. The van der Waals surface area contributed by atoms with Crippen LogP contribution in [0.4, 0.5) is 0 Å². The van der Waals surface area contributed by atoms with E-state index >= 15 is 0 Å². The first-order valence-electron chi connectivity index (χ1n) is 7.07. The van der Waals surface area contributed by atoms with Crippen LogP contribution in [0.15, 0.2) is 24.3 Å². The molecule has 0 aliphatic carbocycles. The van der Waals surface area contributed by atoms with Crippen LogP contribution in [0, 0.1) is 0 Å². The van der Waals surface area contributed by atoms with E-state index in [0.29, 0.717) is 25.5 Å². The third-order valence-electron chi connectivity index (χ3n) is 3.07. The number of hydrogen-bond donors (Lipinski definition) is 2. The highest BCUT2D eigenvalue weighted by Gasteiger charge is 2.23. The van der Waals surface area contributed by atoms with E-state index in [4.69, 9.17) is 14.2 Å². The fourth-order valence-corrected chi connectivity index (χ4v) is 2.01. The van der Waals surface area contributed by atoms with Crippen LogP contribution in [0.1, 0.15) is 19.8 Å². The summed E-state index contributed by atoms with van der Waals surface area (Å²) in [6.07, 6.45) is 1.17. The molecule has 0 bridgehead atoms. The van der Waals surface area contributed by atoms with Crippen LogP contribution in [-0.2, 0) is 14.3 Å². The van der Waals surface area contributed by atoms with Crippen molar-refractivity contribution in [1.29, 1.82) is 0 Å². The zero-order valence-electron chi connectivity index (χ0n) is 12.1. The van der Waals surface area contributed by atoms with E-state index in [1.165, 1.54) is 6.92 Å². The maximum absolute atomic E-state index is 10.7. The molecule has 2 rings (SSSR count). The van der Waals surface area contributed by atoms with Gasteiger partial charge in [0, 0.05) is 19.9 Å². The second-order valence-electron chi connectivity index (χ2n) is 4.96. The van der Waals surface area contributed by atoms with Gasteiger partial charge in [-0.2, -0.15) is 0 Å². The molecule has 2 N–H and O–H groups in total. The van der Waals surface area contributed by atoms with Gasteiger partial charge in [0.25, 0.3) is 0 Å². The van der Waals surface area contributed by atoms with Gasteiger partial charge in [0.05, 0.1) is 13.2 Å². The van der Waals surface area contributed by atoms with Crippen LogP contribution in [-0.4, -0.2) is 43.2 Å². The van der Waals surface area contributed by atoms with Crippen LogP contribution in [0.5, 0.6) is 11.5 Å². The molecule has 1 heterocycles. The molecule has 1 amide bonds. The van der Waals surface area contributed by atoms with Gasteiger partial charge in [-0.3, -0.25) is 4.79 Å². The van der Waals surface area contributed by atoms with Crippen molar-refractivity contribution >= 4 is 5.91 Å². The van der Waals surface area contributed by atoms with Crippen molar-refractivity contribution in [3.8, 4) is 11.5 Å². The van der Waals surface area contributed by atoms with Gasteiger partial charge in [0.1, 0.15) is 17.6 Å². The third-order valence-corrected chi connectivity index (χ3v) is 3.07. The number of phenols is 1. The molecule has 0 atom stereocenters. The van der Waals surface area contributed by atoms with E-state index in [1.54, 1.807) is 24.3 Å². The molecule has 1 aliphatic heterocycles. The van der Waals surface area contributed by atoms with Gasteiger partial charge in [-0.25, -0.2) is 0 Å². The minimum absolute atomic E-state index is 0.0251. The number of carbonyl (C=O) groups excluding carboxylic acids is 1. The number of phenolic OH excluding ortho intramolecular Hbond substituents is 1.